The van der Waals surface area contributed by atoms with E-state index in [2.05, 4.69) is 25.9 Å². The average molecular weight is 422 g/mol. The van der Waals surface area contributed by atoms with Gasteiger partial charge in [-0.3, -0.25) is 0 Å². The molecule has 0 saturated heterocycles. The van der Waals surface area contributed by atoms with E-state index in [1.165, 1.54) is 18.2 Å². The fraction of sp³-hybridized carbons (Fsp3) is 0.450. The van der Waals surface area contributed by atoms with E-state index in [4.69, 9.17) is 0 Å². The van der Waals surface area contributed by atoms with Crippen molar-refractivity contribution in [3.63, 3.8) is 0 Å². The number of hydrogen-bond donors (Lipinski definition) is 3. The molecule has 0 atom stereocenters. The van der Waals surface area contributed by atoms with Crippen LogP contribution >= 0.6 is 0 Å². The number of para-hydroxylation sites is 1. The van der Waals surface area contributed by atoms with E-state index < -0.39 is 17.8 Å². The number of carbonyl (C=O) groups is 1. The smallest absolute Gasteiger partial charge is 0.363 e. The monoisotopic (exact) mass is 422 g/mol. The molecule has 3 N–H and O–H groups in total. The third kappa shape index (κ3) is 5.74. The molecule has 0 bridgehead atoms. The summed E-state index contributed by atoms with van der Waals surface area (Å²) in [4.78, 5) is 22.8. The molecule has 30 heavy (non-hydrogen) atoms. The summed E-state index contributed by atoms with van der Waals surface area (Å²) in [5.74, 6) is 1.36. The average Bonchev–Trinajstić information content (AvgIpc) is 2.69. The van der Waals surface area contributed by atoms with Crippen molar-refractivity contribution in [3.05, 3.63) is 42.1 Å². The number of halogens is 3. The summed E-state index contributed by atoms with van der Waals surface area (Å²) in [7, 11) is 3.81. The van der Waals surface area contributed by atoms with Crippen LogP contribution in [0.1, 0.15) is 31.2 Å². The van der Waals surface area contributed by atoms with Gasteiger partial charge in [-0.05, 0) is 43.9 Å². The molecule has 2 aromatic rings. The van der Waals surface area contributed by atoms with Gasteiger partial charge in [-0.1, -0.05) is 12.1 Å². The van der Waals surface area contributed by atoms with Crippen molar-refractivity contribution in [1.29, 1.82) is 0 Å². The molecular formula is C20H25F3N6O. The summed E-state index contributed by atoms with van der Waals surface area (Å²) in [5, 5.41) is 8.40. The lowest BCUT2D eigenvalue weighted by Gasteiger charge is -2.30. The van der Waals surface area contributed by atoms with Gasteiger partial charge in [0.1, 0.15) is 5.82 Å². The molecule has 0 aliphatic heterocycles. The number of urea groups is 1. The van der Waals surface area contributed by atoms with Gasteiger partial charge in [0.2, 0.25) is 5.95 Å². The van der Waals surface area contributed by atoms with Gasteiger partial charge >= 0.3 is 12.2 Å². The minimum atomic E-state index is -4.53. The normalized spacial score (nSPS) is 19.1. The maximum atomic E-state index is 13.1. The topological polar surface area (TPSA) is 82.2 Å². The fourth-order valence-electron chi connectivity index (χ4n) is 3.42. The molecule has 1 heterocycles. The highest BCUT2D eigenvalue weighted by Gasteiger charge is 2.33. The van der Waals surface area contributed by atoms with Crippen molar-refractivity contribution >= 4 is 23.5 Å². The highest BCUT2D eigenvalue weighted by atomic mass is 19.4. The Hall–Kier alpha value is -3.04. The Bertz CT molecular complexity index is 866. The van der Waals surface area contributed by atoms with Gasteiger partial charge < -0.3 is 20.9 Å². The SMILES string of the molecule is CN(C)c1ccnc(NC2CCC(NC(=O)Nc3ccccc3C(F)(F)F)CC2)n1. The van der Waals surface area contributed by atoms with Crippen molar-refractivity contribution in [2.24, 2.45) is 0 Å². The second-order valence-corrected chi connectivity index (χ2v) is 7.47. The van der Waals surface area contributed by atoms with Crippen molar-refractivity contribution in [3.8, 4) is 0 Å². The van der Waals surface area contributed by atoms with Crippen LogP contribution in [0.15, 0.2) is 36.5 Å². The standard InChI is InChI=1S/C20H25F3N6O/c1-29(2)17-11-12-24-18(28-17)25-13-7-9-14(10-8-13)26-19(30)27-16-6-4-3-5-15(16)20(21,22)23/h3-6,11-14H,7-10H2,1-2H3,(H,24,25,28)(H2,26,27,30). The summed E-state index contributed by atoms with van der Waals surface area (Å²) < 4.78 is 39.2. The molecule has 1 aromatic carbocycles. The number of hydrogen-bond acceptors (Lipinski definition) is 5. The van der Waals surface area contributed by atoms with Crippen LogP contribution in [0.3, 0.4) is 0 Å². The minimum absolute atomic E-state index is 0.102. The summed E-state index contributed by atoms with van der Waals surface area (Å²) in [6.45, 7) is 0. The Balaban J connectivity index is 1.49. The zero-order valence-electron chi connectivity index (χ0n) is 16.8. The highest BCUT2D eigenvalue weighted by Crippen LogP contribution is 2.34. The van der Waals surface area contributed by atoms with E-state index in [0.29, 0.717) is 18.8 Å². The Morgan fingerprint density at radius 2 is 1.73 bits per heavy atom. The predicted molar refractivity (Wildman–Crippen MR) is 110 cm³/mol. The quantitative estimate of drug-likeness (QED) is 0.676. The van der Waals surface area contributed by atoms with Gasteiger partial charge in [0.15, 0.2) is 0 Å². The van der Waals surface area contributed by atoms with Crippen LogP contribution in [0, 0.1) is 0 Å². The third-order valence-electron chi connectivity index (χ3n) is 4.98. The number of nitrogens with zero attached hydrogens (tertiary/aromatic N) is 3. The Morgan fingerprint density at radius 1 is 1.07 bits per heavy atom. The molecule has 10 heteroatoms. The third-order valence-corrected chi connectivity index (χ3v) is 4.98. The molecule has 0 radical (unpaired) electrons. The molecule has 1 fully saturated rings. The van der Waals surface area contributed by atoms with Crippen molar-refractivity contribution < 1.29 is 18.0 Å². The van der Waals surface area contributed by atoms with Crippen molar-refractivity contribution in [1.82, 2.24) is 15.3 Å². The first-order valence-electron chi connectivity index (χ1n) is 9.73. The number of alkyl halides is 3. The number of amides is 2. The predicted octanol–water partition coefficient (Wildman–Crippen LogP) is 4.11. The molecule has 1 aliphatic carbocycles. The Labute approximate surface area is 173 Å². The Morgan fingerprint density at radius 3 is 2.40 bits per heavy atom. The van der Waals surface area contributed by atoms with E-state index in [0.717, 1.165) is 24.7 Å². The van der Waals surface area contributed by atoms with Gasteiger partial charge in [-0.25, -0.2) is 9.78 Å². The lowest BCUT2D eigenvalue weighted by Crippen LogP contribution is -2.42. The molecular weight excluding hydrogens is 397 g/mol. The fourth-order valence-corrected chi connectivity index (χ4v) is 3.42. The number of aromatic nitrogens is 2. The lowest BCUT2D eigenvalue weighted by atomic mass is 9.91. The van der Waals surface area contributed by atoms with E-state index >= 15 is 0 Å². The second kappa shape index (κ2) is 9.19. The van der Waals surface area contributed by atoms with Gasteiger partial charge in [0, 0.05) is 32.4 Å². The summed E-state index contributed by atoms with van der Waals surface area (Å²) in [6, 6.07) is 6.19. The molecule has 0 unspecified atom stereocenters. The van der Waals surface area contributed by atoms with Crippen molar-refractivity contribution in [2.75, 3.05) is 29.6 Å². The first-order valence-corrected chi connectivity index (χ1v) is 9.73. The van der Waals surface area contributed by atoms with E-state index in [1.54, 1.807) is 6.20 Å². The zero-order valence-corrected chi connectivity index (χ0v) is 16.8. The molecule has 0 spiro atoms. The lowest BCUT2D eigenvalue weighted by molar-refractivity contribution is -0.136. The number of anilines is 3. The molecule has 1 saturated carbocycles. The maximum Gasteiger partial charge on any atom is 0.418 e. The number of carbonyl (C=O) groups excluding carboxylic acids is 1. The summed E-state index contributed by atoms with van der Waals surface area (Å²) in [5.41, 5.74) is -1.12. The van der Waals surface area contributed by atoms with Crippen LogP contribution in [0.25, 0.3) is 0 Å². The van der Waals surface area contributed by atoms with Crippen molar-refractivity contribution in [2.45, 2.75) is 43.9 Å². The van der Waals surface area contributed by atoms with Gasteiger partial charge in [0.25, 0.3) is 0 Å². The molecule has 2 amide bonds. The maximum absolute atomic E-state index is 13.1. The van der Waals surface area contributed by atoms with Crippen LogP contribution in [0.2, 0.25) is 0 Å². The number of nitrogens with one attached hydrogen (secondary N) is 3. The molecule has 1 aromatic heterocycles. The molecule has 162 valence electrons. The van der Waals surface area contributed by atoms with E-state index in [9.17, 15) is 18.0 Å². The highest BCUT2D eigenvalue weighted by molar-refractivity contribution is 5.90. The molecule has 1 aliphatic rings. The van der Waals surface area contributed by atoms with Gasteiger partial charge in [-0.2, -0.15) is 18.2 Å². The van der Waals surface area contributed by atoms with Gasteiger partial charge in [0.05, 0.1) is 11.3 Å². The van der Waals surface area contributed by atoms with E-state index in [-0.39, 0.29) is 17.8 Å². The minimum Gasteiger partial charge on any atom is -0.363 e. The van der Waals surface area contributed by atoms with Crippen LogP contribution in [0.5, 0.6) is 0 Å². The first-order chi connectivity index (χ1) is 14.2. The van der Waals surface area contributed by atoms with Gasteiger partial charge in [-0.15, -0.1) is 0 Å². The number of rotatable bonds is 5. The zero-order chi connectivity index (χ0) is 21.7. The Kier molecular flexibility index (Phi) is 6.63. The molecule has 7 nitrogen and oxygen atoms in total. The van der Waals surface area contributed by atoms with Crippen LogP contribution in [0.4, 0.5) is 35.4 Å². The molecule has 3 rings (SSSR count). The summed E-state index contributed by atoms with van der Waals surface area (Å²) in [6.07, 6.45) is 0.165. The number of benzene rings is 1. The largest absolute Gasteiger partial charge is 0.418 e. The second-order valence-electron chi connectivity index (χ2n) is 7.47. The summed E-state index contributed by atoms with van der Waals surface area (Å²) >= 11 is 0. The van der Waals surface area contributed by atoms with Crippen LogP contribution in [-0.2, 0) is 6.18 Å². The van der Waals surface area contributed by atoms with Crippen LogP contribution in [-0.4, -0.2) is 42.2 Å². The first kappa shape index (κ1) is 21.7. The van der Waals surface area contributed by atoms with E-state index in [1.807, 2.05) is 25.1 Å². The van der Waals surface area contributed by atoms with Crippen LogP contribution < -0.4 is 20.9 Å².